The lowest BCUT2D eigenvalue weighted by molar-refractivity contribution is -0.870. The summed E-state index contributed by atoms with van der Waals surface area (Å²) >= 11 is 0. The first-order chi connectivity index (χ1) is 40.4. The van der Waals surface area contributed by atoms with E-state index in [2.05, 4.69) is 135 Å². The summed E-state index contributed by atoms with van der Waals surface area (Å²) < 4.78 is 30.7. The molecule has 83 heavy (non-hydrogen) atoms. The van der Waals surface area contributed by atoms with Crippen molar-refractivity contribution in [1.29, 1.82) is 0 Å². The van der Waals surface area contributed by atoms with E-state index in [1.54, 1.807) is 0 Å². The second-order valence-corrected chi connectivity index (χ2v) is 25.1. The number of quaternary nitrogens is 1. The van der Waals surface area contributed by atoms with Crippen molar-refractivity contribution in [3.63, 3.8) is 0 Å². The van der Waals surface area contributed by atoms with Crippen LogP contribution >= 0.6 is 7.82 Å². The lowest BCUT2D eigenvalue weighted by Crippen LogP contribution is -2.47. The monoisotopic (exact) mass is 1180 g/mol. The summed E-state index contributed by atoms with van der Waals surface area (Å²) in [5.41, 5.74) is 0. The first-order valence-electron chi connectivity index (χ1n) is 33.9. The maximum atomic E-state index is 13.6. The van der Waals surface area contributed by atoms with E-state index in [1.165, 1.54) is 109 Å². The SMILES string of the molecule is CC/C=C\C/C=C\C/C=C\C/C=C\C/C=C\C/C=C\CCCCCCC(=O)OC(/C=C/CCCCCCCCCCC)C(COP(=O)(O)OCC[N+](C)(C)C)NC(=O)CCCCCCCCCCCC/C=C\C/C=C\C/C=C\CCCCC. The van der Waals surface area contributed by atoms with Gasteiger partial charge < -0.3 is 19.4 Å². The molecular weight excluding hydrogens is 1050 g/mol. The van der Waals surface area contributed by atoms with Gasteiger partial charge in [-0.15, -0.1) is 0 Å². The highest BCUT2D eigenvalue weighted by Crippen LogP contribution is 2.43. The Bertz CT molecular complexity index is 1830. The minimum absolute atomic E-state index is 0.0289. The molecule has 0 aliphatic heterocycles. The van der Waals surface area contributed by atoms with Crippen LogP contribution in [0.25, 0.3) is 0 Å². The molecule has 9 nitrogen and oxygen atoms in total. The van der Waals surface area contributed by atoms with Gasteiger partial charge in [0.05, 0.1) is 33.8 Å². The number of carbonyl (C=O) groups excluding carboxylic acids is 2. The largest absolute Gasteiger partial charge is 0.472 e. The quantitative estimate of drug-likeness (QED) is 0.0205. The van der Waals surface area contributed by atoms with E-state index in [1.807, 2.05) is 33.3 Å². The van der Waals surface area contributed by atoms with Crippen LogP contribution in [0.15, 0.2) is 122 Å². The molecule has 0 aliphatic rings. The van der Waals surface area contributed by atoms with Gasteiger partial charge in [-0.2, -0.15) is 0 Å². The van der Waals surface area contributed by atoms with Crippen LogP contribution in [0.3, 0.4) is 0 Å². The Morgan fingerprint density at radius 2 is 0.771 bits per heavy atom. The number of rotatable bonds is 60. The van der Waals surface area contributed by atoms with Crippen molar-refractivity contribution in [1.82, 2.24) is 5.32 Å². The van der Waals surface area contributed by atoms with Gasteiger partial charge in [-0.1, -0.05) is 265 Å². The van der Waals surface area contributed by atoms with Crippen LogP contribution in [0.4, 0.5) is 0 Å². The zero-order valence-corrected chi connectivity index (χ0v) is 55.3. The van der Waals surface area contributed by atoms with E-state index in [9.17, 15) is 19.0 Å². The Hall–Kier alpha value is -3.59. The molecule has 0 aromatic rings. The fraction of sp³-hybridized carbons (Fsp3) is 0.699. The predicted octanol–water partition coefficient (Wildman–Crippen LogP) is 21.4. The Kier molecular flexibility index (Phi) is 58.8. The maximum absolute atomic E-state index is 13.6. The van der Waals surface area contributed by atoms with Crippen LogP contribution in [-0.2, 0) is 27.9 Å². The molecule has 0 heterocycles. The summed E-state index contributed by atoms with van der Waals surface area (Å²) in [6.07, 6.45) is 86.3. The molecule has 1 amide bonds. The van der Waals surface area contributed by atoms with Gasteiger partial charge in [0.15, 0.2) is 0 Å². The molecule has 0 saturated heterocycles. The number of phosphoric ester groups is 1. The maximum Gasteiger partial charge on any atom is 0.472 e. The highest BCUT2D eigenvalue weighted by molar-refractivity contribution is 7.47. The van der Waals surface area contributed by atoms with Crippen molar-refractivity contribution >= 4 is 19.7 Å². The highest BCUT2D eigenvalue weighted by Gasteiger charge is 2.30. The van der Waals surface area contributed by atoms with Crippen molar-refractivity contribution in [2.45, 2.75) is 290 Å². The van der Waals surface area contributed by atoms with Crippen LogP contribution in [0, 0.1) is 0 Å². The molecule has 0 saturated carbocycles. The molecule has 10 heteroatoms. The number of ether oxygens (including phenoxy) is 1. The second kappa shape index (κ2) is 61.5. The van der Waals surface area contributed by atoms with Crippen molar-refractivity contribution < 1.29 is 37.3 Å². The average molecular weight is 1180 g/mol. The minimum atomic E-state index is -4.47. The van der Waals surface area contributed by atoms with Crippen LogP contribution in [-0.4, -0.2) is 74.3 Å². The summed E-state index contributed by atoms with van der Waals surface area (Å²) in [4.78, 5) is 37.8. The van der Waals surface area contributed by atoms with E-state index < -0.39 is 20.0 Å². The normalized spacial score (nSPS) is 14.3. The van der Waals surface area contributed by atoms with E-state index >= 15 is 0 Å². The standard InChI is InChI=1S/C73H127N2O7P/c1-7-10-13-16-19-22-25-27-29-31-33-35-37-39-41-43-45-47-50-53-56-59-62-65-72(76)74-70(69-81-83(78,79)80-68-67-75(4,5)6)71(64-61-58-55-52-49-24-21-18-15-12-9-3)82-73(77)66-63-60-57-54-51-48-46-44-42-40-38-36-34-32-30-28-26-23-20-17-14-11-8-2/h11,14,19-20,22-23,27-30,33-36,40,42,46,48,61,64,70-71H,7-10,12-13,15-18,21,24-26,31-32,37-39,41,43-45,47,49-60,62-63,65-69H2,1-6H3,(H-,74,76,78,79)/p+1/b14-11-,22-19-,23-20-,29-27-,30-28-,35-33-,36-34-,42-40-,48-46-,64-61+. The number of esters is 1. The molecule has 0 bridgehead atoms. The van der Waals surface area contributed by atoms with E-state index in [-0.39, 0.29) is 31.5 Å². The lowest BCUT2D eigenvalue weighted by atomic mass is 10.0. The number of allylic oxidation sites excluding steroid dienone is 19. The van der Waals surface area contributed by atoms with Gasteiger partial charge in [0, 0.05) is 12.8 Å². The van der Waals surface area contributed by atoms with Crippen molar-refractivity contribution in [2.24, 2.45) is 0 Å². The van der Waals surface area contributed by atoms with Gasteiger partial charge in [0.25, 0.3) is 0 Å². The van der Waals surface area contributed by atoms with Crippen molar-refractivity contribution in [2.75, 3.05) is 40.9 Å². The molecule has 476 valence electrons. The van der Waals surface area contributed by atoms with Crippen molar-refractivity contribution in [3.05, 3.63) is 122 Å². The minimum Gasteiger partial charge on any atom is -0.456 e. The van der Waals surface area contributed by atoms with Gasteiger partial charge >= 0.3 is 13.8 Å². The number of carbonyl (C=O) groups is 2. The summed E-state index contributed by atoms with van der Waals surface area (Å²) in [6.45, 7) is 6.84. The Labute approximate surface area is 512 Å². The van der Waals surface area contributed by atoms with Gasteiger partial charge in [0.1, 0.15) is 19.3 Å². The van der Waals surface area contributed by atoms with Gasteiger partial charge in [-0.25, -0.2) is 4.57 Å². The number of hydrogen-bond donors (Lipinski definition) is 2. The Morgan fingerprint density at radius 3 is 1.18 bits per heavy atom. The van der Waals surface area contributed by atoms with Crippen molar-refractivity contribution in [3.8, 4) is 0 Å². The summed E-state index contributed by atoms with van der Waals surface area (Å²) in [6, 6.07) is -0.870. The van der Waals surface area contributed by atoms with E-state index in [0.717, 1.165) is 128 Å². The Balaban J connectivity index is 5.17. The van der Waals surface area contributed by atoms with E-state index in [4.69, 9.17) is 13.8 Å². The smallest absolute Gasteiger partial charge is 0.456 e. The fourth-order valence-electron chi connectivity index (χ4n) is 9.19. The van der Waals surface area contributed by atoms with Gasteiger partial charge in [-0.3, -0.25) is 18.6 Å². The highest BCUT2D eigenvalue weighted by atomic mass is 31.2. The third kappa shape index (κ3) is 62.8. The zero-order valence-electron chi connectivity index (χ0n) is 54.4. The molecule has 0 aliphatic carbocycles. The lowest BCUT2D eigenvalue weighted by Gasteiger charge is -2.27. The number of likely N-dealkylation sites (N-methyl/N-ethyl adjacent to an activating group) is 1. The molecule has 3 unspecified atom stereocenters. The first kappa shape index (κ1) is 79.4. The molecule has 0 aromatic carbocycles. The van der Waals surface area contributed by atoms with Crippen LogP contribution in [0.1, 0.15) is 278 Å². The molecule has 3 atom stereocenters. The third-order valence-corrected chi connectivity index (χ3v) is 15.4. The van der Waals surface area contributed by atoms with Gasteiger partial charge in [-0.05, 0) is 122 Å². The number of nitrogens with one attached hydrogen (secondary N) is 1. The topological polar surface area (TPSA) is 111 Å². The van der Waals surface area contributed by atoms with Crippen LogP contribution < -0.4 is 5.32 Å². The molecule has 0 spiro atoms. The zero-order chi connectivity index (χ0) is 60.7. The molecule has 2 N–H and O–H groups in total. The van der Waals surface area contributed by atoms with Gasteiger partial charge in [0.2, 0.25) is 5.91 Å². The second-order valence-electron chi connectivity index (χ2n) is 23.6. The molecular formula is C73H128N2O7P+. The summed E-state index contributed by atoms with van der Waals surface area (Å²) in [7, 11) is 1.46. The first-order valence-corrected chi connectivity index (χ1v) is 35.4. The number of nitrogens with zero attached hydrogens (tertiary/aromatic N) is 1. The Morgan fingerprint density at radius 1 is 0.434 bits per heavy atom. The van der Waals surface area contributed by atoms with Crippen LogP contribution in [0.2, 0.25) is 0 Å². The molecule has 0 radical (unpaired) electrons. The summed E-state index contributed by atoms with van der Waals surface area (Å²) in [5.74, 6) is -0.543. The third-order valence-electron chi connectivity index (χ3n) is 14.4. The van der Waals surface area contributed by atoms with E-state index in [0.29, 0.717) is 23.9 Å². The number of hydrogen-bond acceptors (Lipinski definition) is 6. The molecule has 0 rings (SSSR count). The van der Waals surface area contributed by atoms with Crippen LogP contribution in [0.5, 0.6) is 0 Å². The number of amides is 1. The summed E-state index contributed by atoms with van der Waals surface area (Å²) in [5, 5.41) is 3.05. The number of phosphoric acid groups is 1. The molecule has 0 fully saturated rings. The molecule has 0 aromatic heterocycles. The number of unbranched alkanes of at least 4 members (excludes halogenated alkanes) is 26. The average Bonchev–Trinajstić information content (AvgIpc) is 3.51. The predicted molar refractivity (Wildman–Crippen MR) is 360 cm³/mol. The fourth-order valence-corrected chi connectivity index (χ4v) is 9.92.